The van der Waals surface area contributed by atoms with Gasteiger partial charge >= 0.3 is 5.97 Å². The van der Waals surface area contributed by atoms with Crippen molar-refractivity contribution < 1.29 is 9.90 Å². The van der Waals surface area contributed by atoms with Crippen LogP contribution in [0, 0.1) is 12.8 Å². The van der Waals surface area contributed by atoms with E-state index in [4.69, 9.17) is 5.11 Å². The Kier molecular flexibility index (Phi) is 3.70. The molecule has 4 nitrogen and oxygen atoms in total. The van der Waals surface area contributed by atoms with Crippen molar-refractivity contribution in [2.45, 2.75) is 37.9 Å². The number of carbonyl (C=O) groups is 1. The van der Waals surface area contributed by atoms with Gasteiger partial charge in [0, 0.05) is 6.54 Å². The lowest BCUT2D eigenvalue weighted by atomic mass is 10.2. The first kappa shape index (κ1) is 13.5. The Hall–Kier alpha value is -1.49. The molecule has 0 bridgehead atoms. The lowest BCUT2D eigenvalue weighted by molar-refractivity contribution is -0.133. The van der Waals surface area contributed by atoms with Crippen molar-refractivity contribution in [1.29, 1.82) is 0 Å². The smallest absolute Gasteiger partial charge is 0.313 e. The van der Waals surface area contributed by atoms with E-state index in [-0.39, 0.29) is 5.75 Å². The van der Waals surface area contributed by atoms with Crippen LogP contribution in [0.2, 0.25) is 0 Å². The summed E-state index contributed by atoms with van der Waals surface area (Å²) < 4.78 is 2.19. The molecule has 1 aliphatic carbocycles. The summed E-state index contributed by atoms with van der Waals surface area (Å²) in [6.07, 6.45) is 3.84. The van der Waals surface area contributed by atoms with Gasteiger partial charge in [0.25, 0.3) is 0 Å². The zero-order chi connectivity index (χ0) is 14.1. The fourth-order valence-corrected chi connectivity index (χ4v) is 3.14. The summed E-state index contributed by atoms with van der Waals surface area (Å²) in [5, 5.41) is 9.68. The van der Waals surface area contributed by atoms with Gasteiger partial charge in [-0.3, -0.25) is 4.79 Å². The van der Waals surface area contributed by atoms with Crippen LogP contribution in [0.5, 0.6) is 0 Å². The van der Waals surface area contributed by atoms with Crippen molar-refractivity contribution in [2.24, 2.45) is 5.92 Å². The van der Waals surface area contributed by atoms with E-state index < -0.39 is 5.97 Å². The van der Waals surface area contributed by atoms with Gasteiger partial charge in [-0.15, -0.1) is 0 Å². The second kappa shape index (κ2) is 5.48. The van der Waals surface area contributed by atoms with E-state index in [9.17, 15) is 4.79 Å². The average Bonchev–Trinajstić information content (AvgIpc) is 3.16. The van der Waals surface area contributed by atoms with Crippen molar-refractivity contribution in [3.63, 3.8) is 0 Å². The number of fused-ring (bicyclic) bond motifs is 1. The number of imidazole rings is 1. The average molecular weight is 290 g/mol. The molecule has 1 fully saturated rings. The zero-order valence-corrected chi connectivity index (χ0v) is 12.3. The Balaban J connectivity index is 1.92. The molecule has 5 heteroatoms. The van der Waals surface area contributed by atoms with Crippen LogP contribution in [0.15, 0.2) is 23.4 Å². The Labute approximate surface area is 122 Å². The van der Waals surface area contributed by atoms with Gasteiger partial charge in [0.15, 0.2) is 5.16 Å². The quantitative estimate of drug-likeness (QED) is 0.829. The number of aliphatic carboxylic acids is 1. The molecule has 1 aromatic heterocycles. The minimum absolute atomic E-state index is 0.0612. The maximum absolute atomic E-state index is 10.8. The number of aromatic nitrogens is 2. The number of benzene rings is 1. The molecule has 0 amide bonds. The second-order valence-corrected chi connectivity index (χ2v) is 6.40. The number of thioether (sulfide) groups is 1. The molecular formula is C15H18N2O2S. The molecular weight excluding hydrogens is 272 g/mol. The van der Waals surface area contributed by atoms with Gasteiger partial charge in [0.1, 0.15) is 0 Å². The topological polar surface area (TPSA) is 55.1 Å². The summed E-state index contributed by atoms with van der Waals surface area (Å²) >= 11 is 1.31. The molecule has 20 heavy (non-hydrogen) atoms. The molecule has 0 aliphatic heterocycles. The van der Waals surface area contributed by atoms with Crippen molar-refractivity contribution in [3.05, 3.63) is 23.8 Å². The summed E-state index contributed by atoms with van der Waals surface area (Å²) in [4.78, 5) is 15.4. The van der Waals surface area contributed by atoms with E-state index in [1.165, 1.54) is 36.6 Å². The lowest BCUT2D eigenvalue weighted by Crippen LogP contribution is -2.04. The molecule has 0 spiro atoms. The van der Waals surface area contributed by atoms with Crippen LogP contribution < -0.4 is 0 Å². The molecule has 1 saturated carbocycles. The summed E-state index contributed by atoms with van der Waals surface area (Å²) in [7, 11) is 0. The maximum Gasteiger partial charge on any atom is 0.313 e. The van der Waals surface area contributed by atoms with Crippen LogP contribution >= 0.6 is 11.8 Å². The number of nitrogens with zero attached hydrogens (tertiary/aromatic N) is 2. The molecule has 1 aliphatic rings. The highest BCUT2D eigenvalue weighted by Crippen LogP contribution is 2.34. The van der Waals surface area contributed by atoms with E-state index in [2.05, 4.69) is 22.5 Å². The molecule has 0 unspecified atom stereocenters. The van der Waals surface area contributed by atoms with E-state index in [1.54, 1.807) is 0 Å². The number of hydrogen-bond donors (Lipinski definition) is 1. The van der Waals surface area contributed by atoms with E-state index >= 15 is 0 Å². The number of carboxylic acid groups (broad SMARTS) is 1. The highest BCUT2D eigenvalue weighted by molar-refractivity contribution is 7.99. The Bertz CT molecular complexity index is 647. The second-order valence-electron chi connectivity index (χ2n) is 5.45. The normalized spacial score (nSPS) is 14.8. The zero-order valence-electron chi connectivity index (χ0n) is 11.5. The molecule has 2 aromatic rings. The number of carboxylic acids is 1. The molecule has 1 heterocycles. The van der Waals surface area contributed by atoms with Gasteiger partial charge in [-0.25, -0.2) is 4.98 Å². The van der Waals surface area contributed by atoms with Crippen LogP contribution in [0.3, 0.4) is 0 Å². The van der Waals surface area contributed by atoms with Gasteiger partial charge in [-0.05, 0) is 37.0 Å². The SMILES string of the molecule is Cc1ccc2nc(SCC(=O)O)n(CCC3CC3)c2c1. The number of aryl methyl sites for hydroxylation is 2. The predicted octanol–water partition coefficient (Wildman–Crippen LogP) is 3.32. The predicted molar refractivity (Wildman–Crippen MR) is 80.2 cm³/mol. The third-order valence-electron chi connectivity index (χ3n) is 3.65. The minimum atomic E-state index is -0.799. The monoisotopic (exact) mass is 290 g/mol. The highest BCUT2D eigenvalue weighted by atomic mass is 32.2. The fraction of sp³-hybridized carbons (Fsp3) is 0.467. The van der Waals surface area contributed by atoms with Crippen LogP contribution in [0.1, 0.15) is 24.8 Å². The van der Waals surface area contributed by atoms with Crippen molar-refractivity contribution in [2.75, 3.05) is 5.75 Å². The van der Waals surface area contributed by atoms with Gasteiger partial charge in [0.05, 0.1) is 16.8 Å². The van der Waals surface area contributed by atoms with Crippen LogP contribution in [-0.4, -0.2) is 26.4 Å². The summed E-state index contributed by atoms with van der Waals surface area (Å²) in [5.41, 5.74) is 3.29. The molecule has 0 atom stereocenters. The Morgan fingerprint density at radius 2 is 2.30 bits per heavy atom. The molecule has 1 aromatic carbocycles. The summed E-state index contributed by atoms with van der Waals surface area (Å²) in [6.45, 7) is 3.01. The first-order valence-corrected chi connectivity index (χ1v) is 7.93. The van der Waals surface area contributed by atoms with E-state index in [1.807, 2.05) is 12.1 Å². The van der Waals surface area contributed by atoms with Gasteiger partial charge in [0.2, 0.25) is 0 Å². The fourth-order valence-electron chi connectivity index (χ4n) is 2.38. The highest BCUT2D eigenvalue weighted by Gasteiger charge is 2.22. The van der Waals surface area contributed by atoms with Crippen LogP contribution in [-0.2, 0) is 11.3 Å². The van der Waals surface area contributed by atoms with Crippen LogP contribution in [0.25, 0.3) is 11.0 Å². The van der Waals surface area contributed by atoms with Crippen molar-refractivity contribution in [3.8, 4) is 0 Å². The van der Waals surface area contributed by atoms with Gasteiger partial charge in [-0.1, -0.05) is 30.7 Å². The molecule has 1 N–H and O–H groups in total. The van der Waals surface area contributed by atoms with E-state index in [0.29, 0.717) is 0 Å². The minimum Gasteiger partial charge on any atom is -0.481 e. The number of rotatable bonds is 6. The lowest BCUT2D eigenvalue weighted by Gasteiger charge is -2.08. The first-order valence-electron chi connectivity index (χ1n) is 6.95. The third kappa shape index (κ3) is 2.98. The first-order chi connectivity index (χ1) is 9.63. The summed E-state index contributed by atoms with van der Waals surface area (Å²) in [6, 6.07) is 6.20. The molecule has 0 saturated heterocycles. The number of hydrogen-bond acceptors (Lipinski definition) is 3. The summed E-state index contributed by atoms with van der Waals surface area (Å²) in [5.74, 6) is 0.118. The standard InChI is InChI=1S/C15H18N2O2S/c1-10-2-5-12-13(8-10)17(7-6-11-3-4-11)15(16-12)20-9-14(18)19/h2,5,8,11H,3-4,6-7,9H2,1H3,(H,18,19). The Morgan fingerprint density at radius 1 is 1.50 bits per heavy atom. The van der Waals surface area contributed by atoms with Gasteiger partial charge < -0.3 is 9.67 Å². The molecule has 3 rings (SSSR count). The van der Waals surface area contributed by atoms with Crippen LogP contribution in [0.4, 0.5) is 0 Å². The molecule has 106 valence electrons. The van der Waals surface area contributed by atoms with Gasteiger partial charge in [-0.2, -0.15) is 0 Å². The molecule has 0 radical (unpaired) electrons. The van der Waals surface area contributed by atoms with E-state index in [0.717, 1.165) is 28.7 Å². The largest absolute Gasteiger partial charge is 0.481 e. The maximum atomic E-state index is 10.8. The Morgan fingerprint density at radius 3 is 3.00 bits per heavy atom. The van der Waals surface area contributed by atoms with Crippen molar-refractivity contribution in [1.82, 2.24) is 9.55 Å². The van der Waals surface area contributed by atoms with Crippen molar-refractivity contribution >= 4 is 28.8 Å². The third-order valence-corrected chi connectivity index (χ3v) is 4.61.